The molecule has 3 aromatic rings. The van der Waals surface area contributed by atoms with Gasteiger partial charge in [0.15, 0.2) is 0 Å². The number of aromatic amines is 1. The number of fused-ring (bicyclic) bond motifs is 1. The maximum Gasteiger partial charge on any atom is 0.268 e. The molecule has 0 radical (unpaired) electrons. The Balaban J connectivity index is 1.95. The SMILES string of the molecule is Cc1cc(=O)[nH]c(NN=Cc2c(Cl)nc3ccccn3c2=O)n1. The van der Waals surface area contributed by atoms with E-state index in [0.29, 0.717) is 11.3 Å². The van der Waals surface area contributed by atoms with E-state index in [1.165, 1.54) is 16.7 Å². The van der Waals surface area contributed by atoms with Crippen LogP contribution in [0.5, 0.6) is 0 Å². The summed E-state index contributed by atoms with van der Waals surface area (Å²) < 4.78 is 1.36. The molecule has 0 aliphatic carbocycles. The molecule has 3 heterocycles. The standard InChI is InChI=1S/C14H11ClN6O2/c1-8-6-11(22)19-14(17-8)20-16-7-9-12(15)18-10-4-2-3-5-21(10)13(9)23/h2-7H,1H3,(H2,17,19,20,22). The van der Waals surface area contributed by atoms with Crippen molar-refractivity contribution in [1.29, 1.82) is 0 Å². The lowest BCUT2D eigenvalue weighted by Crippen LogP contribution is -2.20. The zero-order valence-corrected chi connectivity index (χ0v) is 12.7. The predicted molar refractivity (Wildman–Crippen MR) is 87.3 cm³/mol. The molecule has 0 fully saturated rings. The number of nitrogens with one attached hydrogen (secondary N) is 2. The van der Waals surface area contributed by atoms with Crippen molar-refractivity contribution in [3.63, 3.8) is 0 Å². The largest absolute Gasteiger partial charge is 0.291 e. The smallest absolute Gasteiger partial charge is 0.268 e. The summed E-state index contributed by atoms with van der Waals surface area (Å²) in [5.41, 5.74) is 2.99. The number of halogens is 1. The van der Waals surface area contributed by atoms with Gasteiger partial charge in [0.05, 0.1) is 11.8 Å². The normalized spacial score (nSPS) is 11.2. The summed E-state index contributed by atoms with van der Waals surface area (Å²) in [5.74, 6) is 0.163. The number of pyridine rings is 1. The molecule has 116 valence electrons. The predicted octanol–water partition coefficient (Wildman–Crippen LogP) is 1.19. The van der Waals surface area contributed by atoms with Crippen molar-refractivity contribution in [2.45, 2.75) is 6.92 Å². The molecule has 2 N–H and O–H groups in total. The van der Waals surface area contributed by atoms with Gasteiger partial charge in [-0.25, -0.2) is 15.4 Å². The van der Waals surface area contributed by atoms with Gasteiger partial charge in [0.2, 0.25) is 5.95 Å². The van der Waals surface area contributed by atoms with Crippen LogP contribution in [-0.2, 0) is 0 Å². The van der Waals surface area contributed by atoms with Crippen LogP contribution >= 0.6 is 11.6 Å². The Hall–Kier alpha value is -3.00. The van der Waals surface area contributed by atoms with Crippen LogP contribution in [0.3, 0.4) is 0 Å². The molecule has 23 heavy (non-hydrogen) atoms. The minimum Gasteiger partial charge on any atom is -0.291 e. The Morgan fingerprint density at radius 2 is 2.17 bits per heavy atom. The molecule has 0 unspecified atom stereocenters. The molecule has 0 bridgehead atoms. The highest BCUT2D eigenvalue weighted by Gasteiger charge is 2.08. The van der Waals surface area contributed by atoms with Gasteiger partial charge in [-0.1, -0.05) is 17.7 Å². The van der Waals surface area contributed by atoms with Crippen LogP contribution < -0.4 is 16.5 Å². The van der Waals surface area contributed by atoms with E-state index in [4.69, 9.17) is 11.6 Å². The Morgan fingerprint density at radius 3 is 2.96 bits per heavy atom. The number of nitrogens with zero attached hydrogens (tertiary/aromatic N) is 4. The second-order valence-corrected chi connectivity index (χ2v) is 5.01. The van der Waals surface area contributed by atoms with E-state index in [0.717, 1.165) is 0 Å². The van der Waals surface area contributed by atoms with Gasteiger partial charge in [-0.3, -0.25) is 19.0 Å². The quantitative estimate of drug-likeness (QED) is 0.426. The third-order valence-electron chi connectivity index (χ3n) is 2.96. The maximum atomic E-state index is 12.3. The molecule has 0 spiro atoms. The van der Waals surface area contributed by atoms with Crippen LogP contribution in [0.1, 0.15) is 11.3 Å². The molecule has 0 atom stereocenters. The van der Waals surface area contributed by atoms with E-state index in [1.807, 2.05) is 0 Å². The van der Waals surface area contributed by atoms with Crippen LogP contribution in [0, 0.1) is 6.92 Å². The van der Waals surface area contributed by atoms with E-state index in [9.17, 15) is 9.59 Å². The Morgan fingerprint density at radius 1 is 1.35 bits per heavy atom. The lowest BCUT2D eigenvalue weighted by atomic mass is 10.3. The molecule has 0 aliphatic rings. The lowest BCUT2D eigenvalue weighted by molar-refractivity contribution is 1.03. The Labute approximate surface area is 134 Å². The van der Waals surface area contributed by atoms with Crippen LogP contribution in [0.2, 0.25) is 5.15 Å². The number of H-pyrrole nitrogens is 1. The van der Waals surface area contributed by atoms with Gasteiger partial charge in [0.1, 0.15) is 10.8 Å². The number of aromatic nitrogens is 4. The van der Waals surface area contributed by atoms with E-state index in [-0.39, 0.29) is 27.8 Å². The molecule has 3 aromatic heterocycles. The molecule has 0 saturated heterocycles. The molecule has 0 amide bonds. The maximum absolute atomic E-state index is 12.3. The van der Waals surface area contributed by atoms with Crippen LogP contribution in [0.25, 0.3) is 5.65 Å². The average molecular weight is 331 g/mol. The zero-order valence-electron chi connectivity index (χ0n) is 11.9. The van der Waals surface area contributed by atoms with Crippen molar-refractivity contribution in [2.75, 3.05) is 5.43 Å². The van der Waals surface area contributed by atoms with Gasteiger partial charge in [0, 0.05) is 18.0 Å². The summed E-state index contributed by atoms with van der Waals surface area (Å²) in [6, 6.07) is 6.50. The number of aryl methyl sites for hydroxylation is 1. The first-order valence-corrected chi connectivity index (χ1v) is 6.96. The average Bonchev–Trinajstić information content (AvgIpc) is 2.49. The summed E-state index contributed by atoms with van der Waals surface area (Å²) >= 11 is 6.02. The Kier molecular flexibility index (Phi) is 3.90. The second-order valence-electron chi connectivity index (χ2n) is 4.66. The second kappa shape index (κ2) is 6.01. The zero-order chi connectivity index (χ0) is 16.4. The first kappa shape index (κ1) is 14.9. The highest BCUT2D eigenvalue weighted by atomic mass is 35.5. The molecule has 0 aliphatic heterocycles. The topological polar surface area (TPSA) is 105 Å². The molecule has 3 rings (SSSR count). The fraction of sp³-hybridized carbons (Fsp3) is 0.0714. The van der Waals surface area contributed by atoms with Crippen molar-refractivity contribution in [3.8, 4) is 0 Å². The first-order valence-electron chi connectivity index (χ1n) is 6.58. The molecule has 8 nitrogen and oxygen atoms in total. The highest BCUT2D eigenvalue weighted by molar-refractivity contribution is 6.32. The summed E-state index contributed by atoms with van der Waals surface area (Å²) in [5, 5.41) is 3.92. The third kappa shape index (κ3) is 3.11. The molecule has 0 aromatic carbocycles. The molecular weight excluding hydrogens is 320 g/mol. The van der Waals surface area contributed by atoms with Gasteiger partial charge in [-0.2, -0.15) is 5.10 Å². The number of hydrogen-bond acceptors (Lipinski definition) is 6. The van der Waals surface area contributed by atoms with E-state index < -0.39 is 0 Å². The molecule has 9 heteroatoms. The Bertz CT molecular complexity index is 1020. The van der Waals surface area contributed by atoms with Gasteiger partial charge in [0.25, 0.3) is 11.1 Å². The summed E-state index contributed by atoms with van der Waals surface area (Å²) in [6.45, 7) is 1.68. The number of hydrazone groups is 1. The summed E-state index contributed by atoms with van der Waals surface area (Å²) in [4.78, 5) is 34.3. The van der Waals surface area contributed by atoms with Gasteiger partial charge in [-0.15, -0.1) is 0 Å². The fourth-order valence-corrected chi connectivity index (χ4v) is 2.19. The third-order valence-corrected chi connectivity index (χ3v) is 3.24. The van der Waals surface area contributed by atoms with Gasteiger partial charge >= 0.3 is 0 Å². The van der Waals surface area contributed by atoms with E-state index in [2.05, 4.69) is 25.5 Å². The summed E-state index contributed by atoms with van der Waals surface area (Å²) in [7, 11) is 0. The summed E-state index contributed by atoms with van der Waals surface area (Å²) in [6.07, 6.45) is 2.82. The van der Waals surface area contributed by atoms with E-state index >= 15 is 0 Å². The van der Waals surface area contributed by atoms with Crippen LogP contribution in [0.15, 0.2) is 45.2 Å². The van der Waals surface area contributed by atoms with Crippen molar-refractivity contribution in [1.82, 2.24) is 19.4 Å². The van der Waals surface area contributed by atoms with Crippen molar-refractivity contribution in [2.24, 2.45) is 5.10 Å². The fourth-order valence-electron chi connectivity index (χ4n) is 1.97. The highest BCUT2D eigenvalue weighted by Crippen LogP contribution is 2.08. The minimum atomic E-state index is -0.350. The van der Waals surface area contributed by atoms with Crippen LogP contribution in [-0.4, -0.2) is 25.6 Å². The number of anilines is 1. The molecular formula is C14H11ClN6O2. The van der Waals surface area contributed by atoms with Gasteiger partial charge < -0.3 is 0 Å². The number of rotatable bonds is 3. The lowest BCUT2D eigenvalue weighted by Gasteiger charge is -2.03. The van der Waals surface area contributed by atoms with Gasteiger partial charge in [-0.05, 0) is 19.1 Å². The molecule has 0 saturated carbocycles. The van der Waals surface area contributed by atoms with Crippen molar-refractivity contribution in [3.05, 3.63) is 67.6 Å². The monoisotopic (exact) mass is 330 g/mol. The minimum absolute atomic E-state index is 0.0393. The first-order chi connectivity index (χ1) is 11.0. The van der Waals surface area contributed by atoms with Crippen LogP contribution in [0.4, 0.5) is 5.95 Å². The van der Waals surface area contributed by atoms with Crippen molar-refractivity contribution < 1.29 is 0 Å². The van der Waals surface area contributed by atoms with E-state index in [1.54, 1.807) is 31.3 Å². The number of hydrogen-bond donors (Lipinski definition) is 2. The van der Waals surface area contributed by atoms with Crippen molar-refractivity contribution >= 4 is 29.4 Å².